The molecule has 2 rings (SSSR count). The van der Waals surface area contributed by atoms with Crippen LogP contribution in [0.2, 0.25) is 0 Å². The predicted octanol–water partition coefficient (Wildman–Crippen LogP) is 3.53. The standard InChI is InChI=1S/C22H34N2O3/c1-15-7-8-16(2)21(17(15)3)27-14-20(26)24-11-9-18(10-12-24)23-19(25)13-22(4,5)6/h7-8,18H,9-14H2,1-6H3,(H,23,25). The molecule has 1 aromatic rings. The Morgan fingerprint density at radius 2 is 1.70 bits per heavy atom. The molecule has 0 saturated carbocycles. The van der Waals surface area contributed by atoms with Crippen LogP contribution in [0.3, 0.4) is 0 Å². The van der Waals surface area contributed by atoms with E-state index in [2.05, 4.69) is 32.2 Å². The van der Waals surface area contributed by atoms with Crippen molar-refractivity contribution in [1.29, 1.82) is 0 Å². The zero-order valence-corrected chi connectivity index (χ0v) is 17.6. The molecule has 1 heterocycles. The monoisotopic (exact) mass is 374 g/mol. The topological polar surface area (TPSA) is 58.6 Å². The third kappa shape index (κ3) is 6.26. The van der Waals surface area contributed by atoms with E-state index in [1.807, 2.05) is 31.7 Å². The fourth-order valence-corrected chi connectivity index (χ4v) is 3.41. The van der Waals surface area contributed by atoms with Crippen LogP contribution in [-0.4, -0.2) is 42.5 Å². The third-order valence-electron chi connectivity index (χ3n) is 5.12. The molecule has 0 radical (unpaired) electrons. The van der Waals surface area contributed by atoms with Gasteiger partial charge in [-0.05, 0) is 55.7 Å². The first-order chi connectivity index (χ1) is 12.6. The predicted molar refractivity (Wildman–Crippen MR) is 108 cm³/mol. The molecule has 0 aromatic heterocycles. The highest BCUT2D eigenvalue weighted by atomic mass is 16.5. The third-order valence-corrected chi connectivity index (χ3v) is 5.12. The van der Waals surface area contributed by atoms with Gasteiger partial charge in [-0.3, -0.25) is 9.59 Å². The van der Waals surface area contributed by atoms with Crippen LogP contribution in [0, 0.1) is 26.2 Å². The van der Waals surface area contributed by atoms with E-state index < -0.39 is 0 Å². The van der Waals surface area contributed by atoms with Gasteiger partial charge in [0.1, 0.15) is 5.75 Å². The number of carbonyl (C=O) groups excluding carboxylic acids is 2. The highest BCUT2D eigenvalue weighted by Gasteiger charge is 2.25. The lowest BCUT2D eigenvalue weighted by atomic mass is 9.91. The molecule has 150 valence electrons. The van der Waals surface area contributed by atoms with Gasteiger partial charge < -0.3 is 15.0 Å². The molecular weight excluding hydrogens is 340 g/mol. The van der Waals surface area contributed by atoms with Crippen LogP contribution in [-0.2, 0) is 9.59 Å². The first-order valence-electron chi connectivity index (χ1n) is 9.83. The number of rotatable bonds is 5. The maximum absolute atomic E-state index is 12.5. The Labute approximate surface area is 163 Å². The van der Waals surface area contributed by atoms with Gasteiger partial charge in [0.2, 0.25) is 5.91 Å². The lowest BCUT2D eigenvalue weighted by Gasteiger charge is -2.33. The molecule has 1 N–H and O–H groups in total. The van der Waals surface area contributed by atoms with Crippen molar-refractivity contribution < 1.29 is 14.3 Å². The second-order valence-corrected chi connectivity index (χ2v) is 8.90. The number of nitrogens with zero attached hydrogens (tertiary/aromatic N) is 1. The van der Waals surface area contributed by atoms with E-state index in [1.165, 1.54) is 0 Å². The molecule has 0 atom stereocenters. The molecule has 2 amide bonds. The summed E-state index contributed by atoms with van der Waals surface area (Å²) in [6.07, 6.45) is 2.11. The quantitative estimate of drug-likeness (QED) is 0.858. The van der Waals surface area contributed by atoms with Crippen molar-refractivity contribution in [3.8, 4) is 5.75 Å². The minimum absolute atomic E-state index is 0.00905. The Hall–Kier alpha value is -2.04. The molecule has 1 saturated heterocycles. The minimum atomic E-state index is -0.00978. The van der Waals surface area contributed by atoms with E-state index in [0.29, 0.717) is 19.5 Å². The van der Waals surface area contributed by atoms with Crippen LogP contribution in [0.4, 0.5) is 0 Å². The number of carbonyl (C=O) groups is 2. The molecule has 0 spiro atoms. The van der Waals surface area contributed by atoms with Crippen molar-refractivity contribution in [2.24, 2.45) is 5.41 Å². The van der Waals surface area contributed by atoms with Crippen LogP contribution in [0.15, 0.2) is 12.1 Å². The summed E-state index contributed by atoms with van der Waals surface area (Å²) in [5.74, 6) is 0.920. The summed E-state index contributed by atoms with van der Waals surface area (Å²) in [4.78, 5) is 26.4. The zero-order chi connectivity index (χ0) is 20.2. The van der Waals surface area contributed by atoms with Crippen molar-refractivity contribution in [3.63, 3.8) is 0 Å². The Morgan fingerprint density at radius 1 is 1.11 bits per heavy atom. The number of hydrogen-bond donors (Lipinski definition) is 1. The normalized spacial score (nSPS) is 15.6. The van der Waals surface area contributed by atoms with Crippen LogP contribution < -0.4 is 10.1 Å². The Kier molecular flexibility index (Phi) is 6.90. The van der Waals surface area contributed by atoms with E-state index in [1.54, 1.807) is 0 Å². The minimum Gasteiger partial charge on any atom is -0.483 e. The molecule has 5 heteroatoms. The summed E-state index contributed by atoms with van der Waals surface area (Å²) in [6, 6.07) is 4.25. The average molecular weight is 375 g/mol. The van der Waals surface area contributed by atoms with Gasteiger partial charge in [-0.2, -0.15) is 0 Å². The highest BCUT2D eigenvalue weighted by Crippen LogP contribution is 2.26. The van der Waals surface area contributed by atoms with Gasteiger partial charge in [0.05, 0.1) is 0 Å². The average Bonchev–Trinajstić information content (AvgIpc) is 2.57. The second-order valence-electron chi connectivity index (χ2n) is 8.90. The van der Waals surface area contributed by atoms with E-state index in [-0.39, 0.29) is 29.9 Å². The number of benzene rings is 1. The molecule has 5 nitrogen and oxygen atoms in total. The number of aryl methyl sites for hydroxylation is 2. The SMILES string of the molecule is Cc1ccc(C)c(OCC(=O)N2CCC(NC(=O)CC(C)(C)C)CC2)c1C. The number of ether oxygens (including phenoxy) is 1. The van der Waals surface area contributed by atoms with E-state index in [9.17, 15) is 9.59 Å². The smallest absolute Gasteiger partial charge is 0.260 e. The van der Waals surface area contributed by atoms with Crippen LogP contribution in [0.5, 0.6) is 5.75 Å². The first-order valence-corrected chi connectivity index (χ1v) is 9.83. The van der Waals surface area contributed by atoms with Crippen LogP contribution in [0.1, 0.15) is 56.7 Å². The molecule has 0 bridgehead atoms. The van der Waals surface area contributed by atoms with Crippen molar-refractivity contribution >= 4 is 11.8 Å². The second kappa shape index (κ2) is 8.77. The summed E-state index contributed by atoms with van der Waals surface area (Å²) in [5.41, 5.74) is 3.29. The summed E-state index contributed by atoms with van der Waals surface area (Å²) in [5, 5.41) is 3.11. The maximum Gasteiger partial charge on any atom is 0.260 e. The molecule has 1 fully saturated rings. The van der Waals surface area contributed by atoms with Crippen molar-refractivity contribution in [3.05, 3.63) is 28.8 Å². The van der Waals surface area contributed by atoms with Crippen LogP contribution >= 0.6 is 0 Å². The summed E-state index contributed by atoms with van der Waals surface area (Å²) in [6.45, 7) is 13.6. The molecular formula is C22H34N2O3. The summed E-state index contributed by atoms with van der Waals surface area (Å²) < 4.78 is 5.85. The first kappa shape index (κ1) is 21.3. The van der Waals surface area contributed by atoms with Gasteiger partial charge in [0.15, 0.2) is 6.61 Å². The Balaban J connectivity index is 1.80. The maximum atomic E-state index is 12.5. The molecule has 1 aromatic carbocycles. The van der Waals surface area contributed by atoms with E-state index in [4.69, 9.17) is 4.74 Å². The summed E-state index contributed by atoms with van der Waals surface area (Å²) >= 11 is 0. The van der Waals surface area contributed by atoms with Crippen molar-refractivity contribution in [2.75, 3.05) is 19.7 Å². The largest absolute Gasteiger partial charge is 0.483 e. The number of amides is 2. The van der Waals surface area contributed by atoms with Crippen LogP contribution in [0.25, 0.3) is 0 Å². The fraction of sp³-hybridized carbons (Fsp3) is 0.636. The lowest BCUT2D eigenvalue weighted by Crippen LogP contribution is -2.48. The number of likely N-dealkylation sites (tertiary alicyclic amines) is 1. The van der Waals surface area contributed by atoms with Gasteiger partial charge in [-0.15, -0.1) is 0 Å². The van der Waals surface area contributed by atoms with E-state index in [0.717, 1.165) is 35.3 Å². The number of hydrogen-bond acceptors (Lipinski definition) is 3. The molecule has 0 unspecified atom stereocenters. The molecule has 27 heavy (non-hydrogen) atoms. The number of piperidine rings is 1. The lowest BCUT2D eigenvalue weighted by molar-refractivity contribution is -0.134. The zero-order valence-electron chi connectivity index (χ0n) is 17.6. The Morgan fingerprint density at radius 3 is 2.30 bits per heavy atom. The number of nitrogens with one attached hydrogen (secondary N) is 1. The van der Waals surface area contributed by atoms with Gasteiger partial charge in [-0.1, -0.05) is 32.9 Å². The van der Waals surface area contributed by atoms with Gasteiger partial charge >= 0.3 is 0 Å². The Bertz CT molecular complexity index is 684. The van der Waals surface area contributed by atoms with Crippen molar-refractivity contribution in [2.45, 2.75) is 66.8 Å². The van der Waals surface area contributed by atoms with E-state index >= 15 is 0 Å². The molecule has 1 aliphatic rings. The van der Waals surface area contributed by atoms with Gasteiger partial charge in [-0.25, -0.2) is 0 Å². The fourth-order valence-electron chi connectivity index (χ4n) is 3.41. The van der Waals surface area contributed by atoms with Crippen molar-refractivity contribution in [1.82, 2.24) is 10.2 Å². The van der Waals surface area contributed by atoms with Gasteiger partial charge in [0.25, 0.3) is 5.91 Å². The molecule has 1 aliphatic heterocycles. The molecule has 0 aliphatic carbocycles. The highest BCUT2D eigenvalue weighted by molar-refractivity contribution is 5.78. The van der Waals surface area contributed by atoms with Gasteiger partial charge in [0, 0.05) is 25.6 Å². The summed E-state index contributed by atoms with van der Waals surface area (Å²) in [7, 11) is 0.